The zero-order valence-corrected chi connectivity index (χ0v) is 12.6. The molecule has 1 aromatic rings. The first kappa shape index (κ1) is 16.3. The quantitative estimate of drug-likeness (QED) is 0.826. The van der Waals surface area contributed by atoms with E-state index in [9.17, 15) is 9.59 Å². The van der Waals surface area contributed by atoms with Crippen LogP contribution in [0.4, 0.5) is 4.79 Å². The number of imide groups is 1. The molecule has 0 saturated carbocycles. The minimum Gasteiger partial charge on any atom is -0.497 e. The van der Waals surface area contributed by atoms with Crippen molar-refractivity contribution in [2.75, 3.05) is 46.5 Å². The predicted molar refractivity (Wildman–Crippen MR) is 81.1 cm³/mol. The highest BCUT2D eigenvalue weighted by molar-refractivity contribution is 6.04. The molecule has 7 heteroatoms. The number of amides is 3. The van der Waals surface area contributed by atoms with Crippen molar-refractivity contribution in [3.8, 4) is 5.75 Å². The molecule has 1 fully saturated rings. The Kier molecular flexibility index (Phi) is 6.17. The van der Waals surface area contributed by atoms with Crippen molar-refractivity contribution in [3.63, 3.8) is 0 Å². The molecule has 0 unspecified atom stereocenters. The molecule has 1 saturated heterocycles. The maximum Gasteiger partial charge on any atom is 0.321 e. The highest BCUT2D eigenvalue weighted by atomic mass is 16.5. The highest BCUT2D eigenvalue weighted by Crippen LogP contribution is 2.10. The van der Waals surface area contributed by atoms with Gasteiger partial charge < -0.3 is 14.8 Å². The van der Waals surface area contributed by atoms with Gasteiger partial charge in [0.25, 0.3) is 5.91 Å². The number of rotatable bonds is 5. The molecular formula is C15H21N3O4. The summed E-state index contributed by atoms with van der Waals surface area (Å²) in [5.74, 6) is 0.220. The smallest absolute Gasteiger partial charge is 0.321 e. The molecule has 0 aromatic heterocycles. The Bertz CT molecular complexity index is 498. The number of methoxy groups -OCH3 is 1. The molecule has 1 heterocycles. The van der Waals surface area contributed by atoms with Crippen molar-refractivity contribution >= 4 is 11.9 Å². The number of carbonyl (C=O) groups excluding carboxylic acids is 2. The summed E-state index contributed by atoms with van der Waals surface area (Å²) in [5.41, 5.74) is 0.407. The van der Waals surface area contributed by atoms with Gasteiger partial charge in [-0.2, -0.15) is 0 Å². The van der Waals surface area contributed by atoms with Crippen molar-refractivity contribution in [2.45, 2.75) is 0 Å². The van der Waals surface area contributed by atoms with E-state index in [0.717, 1.165) is 32.8 Å². The Morgan fingerprint density at radius 2 is 1.91 bits per heavy atom. The average molecular weight is 307 g/mol. The third kappa shape index (κ3) is 5.01. The lowest BCUT2D eigenvalue weighted by Gasteiger charge is -2.26. The van der Waals surface area contributed by atoms with Gasteiger partial charge in [-0.3, -0.25) is 15.0 Å². The van der Waals surface area contributed by atoms with Gasteiger partial charge in [-0.15, -0.1) is 0 Å². The largest absolute Gasteiger partial charge is 0.497 e. The lowest BCUT2D eigenvalue weighted by molar-refractivity contribution is 0.0387. The van der Waals surface area contributed by atoms with Crippen LogP contribution in [0.5, 0.6) is 5.75 Å². The van der Waals surface area contributed by atoms with Gasteiger partial charge in [0.15, 0.2) is 0 Å². The summed E-state index contributed by atoms with van der Waals surface area (Å²) in [5, 5.41) is 4.97. The van der Waals surface area contributed by atoms with Gasteiger partial charge in [-0.25, -0.2) is 4.79 Å². The Hall–Kier alpha value is -2.12. The second-order valence-electron chi connectivity index (χ2n) is 4.89. The normalized spacial score (nSPS) is 15.1. The number of benzene rings is 1. The molecule has 1 aliphatic rings. The van der Waals surface area contributed by atoms with Crippen LogP contribution in [0.15, 0.2) is 24.3 Å². The summed E-state index contributed by atoms with van der Waals surface area (Å²) in [6.07, 6.45) is 0. The molecule has 2 N–H and O–H groups in total. The van der Waals surface area contributed by atoms with Gasteiger partial charge in [-0.1, -0.05) is 0 Å². The summed E-state index contributed by atoms with van der Waals surface area (Å²) in [6, 6.07) is 6.06. The zero-order chi connectivity index (χ0) is 15.8. The van der Waals surface area contributed by atoms with Crippen molar-refractivity contribution in [1.82, 2.24) is 15.5 Å². The molecule has 0 spiro atoms. The molecular weight excluding hydrogens is 286 g/mol. The lowest BCUT2D eigenvalue weighted by atomic mass is 10.2. The number of ether oxygens (including phenoxy) is 2. The summed E-state index contributed by atoms with van der Waals surface area (Å²) >= 11 is 0. The Morgan fingerprint density at radius 3 is 2.55 bits per heavy atom. The van der Waals surface area contributed by atoms with Crippen molar-refractivity contribution in [2.24, 2.45) is 0 Å². The third-order valence-electron chi connectivity index (χ3n) is 3.40. The van der Waals surface area contributed by atoms with Gasteiger partial charge in [0.05, 0.1) is 20.3 Å². The van der Waals surface area contributed by atoms with Gasteiger partial charge in [0, 0.05) is 31.7 Å². The summed E-state index contributed by atoms with van der Waals surface area (Å²) in [4.78, 5) is 25.8. The monoisotopic (exact) mass is 307 g/mol. The van der Waals surface area contributed by atoms with E-state index in [0.29, 0.717) is 17.9 Å². The first-order valence-corrected chi connectivity index (χ1v) is 7.22. The van der Waals surface area contributed by atoms with E-state index in [-0.39, 0.29) is 0 Å². The highest BCUT2D eigenvalue weighted by Gasteiger charge is 2.12. The fraction of sp³-hybridized carbons (Fsp3) is 0.467. The molecule has 3 amide bonds. The lowest BCUT2D eigenvalue weighted by Crippen LogP contribution is -2.45. The Morgan fingerprint density at radius 1 is 1.23 bits per heavy atom. The molecule has 2 rings (SSSR count). The van der Waals surface area contributed by atoms with Gasteiger partial charge >= 0.3 is 6.03 Å². The van der Waals surface area contributed by atoms with Crippen LogP contribution in [0.3, 0.4) is 0 Å². The van der Waals surface area contributed by atoms with E-state index in [1.54, 1.807) is 31.4 Å². The molecule has 0 radical (unpaired) electrons. The van der Waals surface area contributed by atoms with Crippen molar-refractivity contribution in [1.29, 1.82) is 0 Å². The first-order valence-electron chi connectivity index (χ1n) is 7.22. The predicted octanol–water partition coefficient (Wildman–Crippen LogP) is 0.467. The second-order valence-corrected chi connectivity index (χ2v) is 4.89. The van der Waals surface area contributed by atoms with Gasteiger partial charge in [-0.05, 0) is 24.3 Å². The van der Waals surface area contributed by atoms with Crippen LogP contribution in [0, 0.1) is 0 Å². The molecule has 7 nitrogen and oxygen atoms in total. The molecule has 22 heavy (non-hydrogen) atoms. The average Bonchev–Trinajstić information content (AvgIpc) is 2.56. The summed E-state index contributed by atoms with van der Waals surface area (Å²) < 4.78 is 10.3. The third-order valence-corrected chi connectivity index (χ3v) is 3.40. The zero-order valence-electron chi connectivity index (χ0n) is 12.6. The number of nitrogens with one attached hydrogen (secondary N) is 2. The maximum absolute atomic E-state index is 11.9. The fourth-order valence-corrected chi connectivity index (χ4v) is 2.11. The van der Waals surface area contributed by atoms with Crippen LogP contribution in [0.2, 0.25) is 0 Å². The van der Waals surface area contributed by atoms with Crippen molar-refractivity contribution < 1.29 is 19.1 Å². The van der Waals surface area contributed by atoms with E-state index < -0.39 is 11.9 Å². The minimum absolute atomic E-state index is 0.407. The molecule has 1 aliphatic heterocycles. The molecule has 0 aliphatic carbocycles. The van der Waals surface area contributed by atoms with Crippen LogP contribution in [-0.4, -0.2) is 63.3 Å². The van der Waals surface area contributed by atoms with Crippen LogP contribution in [0.25, 0.3) is 0 Å². The number of hydrogen-bond acceptors (Lipinski definition) is 5. The SMILES string of the molecule is COc1ccc(C(=O)NC(=O)NCCN2CCOCC2)cc1. The van der Waals surface area contributed by atoms with Crippen LogP contribution < -0.4 is 15.4 Å². The van der Waals surface area contributed by atoms with E-state index in [1.807, 2.05) is 0 Å². The van der Waals surface area contributed by atoms with E-state index in [4.69, 9.17) is 9.47 Å². The van der Waals surface area contributed by atoms with Crippen LogP contribution in [-0.2, 0) is 4.74 Å². The van der Waals surface area contributed by atoms with Gasteiger partial charge in [0.2, 0.25) is 0 Å². The molecule has 120 valence electrons. The number of urea groups is 1. The standard InChI is InChI=1S/C15H21N3O4/c1-21-13-4-2-12(3-5-13)14(19)17-15(20)16-6-7-18-8-10-22-11-9-18/h2-5H,6-11H2,1H3,(H2,16,17,19,20). The van der Waals surface area contributed by atoms with Crippen LogP contribution in [0.1, 0.15) is 10.4 Å². The first-order chi connectivity index (χ1) is 10.7. The number of carbonyl (C=O) groups is 2. The molecule has 0 bridgehead atoms. The van der Waals surface area contributed by atoms with Gasteiger partial charge in [0.1, 0.15) is 5.75 Å². The number of nitrogens with zero attached hydrogens (tertiary/aromatic N) is 1. The second kappa shape index (κ2) is 8.35. The van der Waals surface area contributed by atoms with E-state index in [2.05, 4.69) is 15.5 Å². The van der Waals surface area contributed by atoms with Crippen LogP contribution >= 0.6 is 0 Å². The fourth-order valence-electron chi connectivity index (χ4n) is 2.11. The summed E-state index contributed by atoms with van der Waals surface area (Å²) in [6.45, 7) is 4.42. The van der Waals surface area contributed by atoms with E-state index in [1.165, 1.54) is 0 Å². The Labute approximate surface area is 129 Å². The minimum atomic E-state index is -0.492. The van der Waals surface area contributed by atoms with E-state index >= 15 is 0 Å². The van der Waals surface area contributed by atoms with Crippen molar-refractivity contribution in [3.05, 3.63) is 29.8 Å². The maximum atomic E-state index is 11.9. The Balaban J connectivity index is 1.70. The summed E-state index contributed by atoms with van der Waals surface area (Å²) in [7, 11) is 1.55. The molecule has 0 atom stereocenters. The number of morpholine rings is 1. The molecule has 1 aromatic carbocycles. The topological polar surface area (TPSA) is 79.9 Å². The number of hydrogen-bond donors (Lipinski definition) is 2.